The molecule has 2 heterocycles. The van der Waals surface area contributed by atoms with Crippen molar-refractivity contribution in [1.82, 2.24) is 4.57 Å². The minimum Gasteiger partial charge on any atom is -0.497 e. The van der Waals surface area contributed by atoms with Crippen LogP contribution in [0.5, 0.6) is 5.75 Å². The second-order valence-corrected chi connectivity index (χ2v) is 7.24. The fourth-order valence-corrected chi connectivity index (χ4v) is 4.11. The quantitative estimate of drug-likeness (QED) is 0.618. The molecule has 0 bridgehead atoms. The number of ether oxygens (including phenoxy) is 2. The van der Waals surface area contributed by atoms with E-state index in [9.17, 15) is 9.59 Å². The van der Waals surface area contributed by atoms with Crippen LogP contribution >= 0.6 is 0 Å². The first-order valence-corrected chi connectivity index (χ1v) is 10.0. The number of hydrogen-bond donors (Lipinski definition) is 0. The molecule has 1 aromatic heterocycles. The summed E-state index contributed by atoms with van der Waals surface area (Å²) in [6.07, 6.45) is 2.27. The molecule has 0 saturated heterocycles. The Balaban J connectivity index is 2.02. The molecule has 3 aromatic rings. The zero-order chi connectivity index (χ0) is 21.3. The van der Waals surface area contributed by atoms with Crippen molar-refractivity contribution in [3.63, 3.8) is 0 Å². The Hall–Kier alpha value is -3.41. The van der Waals surface area contributed by atoms with Crippen LogP contribution < -0.4 is 4.74 Å². The van der Waals surface area contributed by atoms with Crippen molar-refractivity contribution in [3.05, 3.63) is 64.8 Å². The van der Waals surface area contributed by atoms with Gasteiger partial charge in [0.15, 0.2) is 0 Å². The van der Waals surface area contributed by atoms with Gasteiger partial charge in [-0.15, -0.1) is 0 Å². The Labute approximate surface area is 175 Å². The van der Waals surface area contributed by atoms with Gasteiger partial charge in [0.1, 0.15) is 11.7 Å². The second-order valence-electron chi connectivity index (χ2n) is 7.24. The van der Waals surface area contributed by atoms with E-state index < -0.39 is 11.9 Å². The molecule has 4 rings (SSSR count). The molecule has 1 aliphatic rings. The van der Waals surface area contributed by atoms with Gasteiger partial charge >= 0.3 is 5.97 Å². The highest BCUT2D eigenvalue weighted by atomic mass is 16.5. The van der Waals surface area contributed by atoms with Crippen molar-refractivity contribution in [1.29, 1.82) is 0 Å². The maximum absolute atomic E-state index is 13.8. The number of rotatable bonds is 4. The van der Waals surface area contributed by atoms with Crippen molar-refractivity contribution >= 4 is 29.0 Å². The maximum Gasteiger partial charge on any atom is 0.320 e. The van der Waals surface area contributed by atoms with Gasteiger partial charge in [-0.2, -0.15) is 0 Å². The van der Waals surface area contributed by atoms with E-state index in [0.29, 0.717) is 30.0 Å². The van der Waals surface area contributed by atoms with Crippen LogP contribution in [0.3, 0.4) is 0 Å². The van der Waals surface area contributed by atoms with Gasteiger partial charge in [0.25, 0.3) is 5.91 Å². The molecule has 6 heteroatoms. The lowest BCUT2D eigenvalue weighted by Gasteiger charge is -2.16. The normalized spacial score (nSPS) is 15.5. The monoisotopic (exact) mass is 404 g/mol. The zero-order valence-corrected chi connectivity index (χ0v) is 17.3. The predicted molar refractivity (Wildman–Crippen MR) is 116 cm³/mol. The zero-order valence-electron chi connectivity index (χ0n) is 17.3. The van der Waals surface area contributed by atoms with Crippen molar-refractivity contribution in [2.75, 3.05) is 20.3 Å². The highest BCUT2D eigenvalue weighted by Gasteiger charge is 2.33. The summed E-state index contributed by atoms with van der Waals surface area (Å²) in [5.74, 6) is -0.740. The average Bonchev–Trinajstić information content (AvgIpc) is 2.93. The lowest BCUT2D eigenvalue weighted by atomic mass is 9.99. The molecule has 6 nitrogen and oxygen atoms in total. The number of aromatic nitrogens is 1. The highest BCUT2D eigenvalue weighted by Crippen LogP contribution is 2.36. The van der Waals surface area contributed by atoms with E-state index in [1.54, 1.807) is 49.1 Å². The number of nitrogens with zero attached hydrogens (tertiary/aromatic N) is 2. The number of aryl methyl sites for hydroxylation is 1. The van der Waals surface area contributed by atoms with Crippen LogP contribution in [-0.2, 0) is 16.0 Å². The Morgan fingerprint density at radius 1 is 1.20 bits per heavy atom. The Morgan fingerprint density at radius 2 is 2.00 bits per heavy atom. The highest BCUT2D eigenvalue weighted by molar-refractivity contribution is 6.08. The van der Waals surface area contributed by atoms with E-state index in [4.69, 9.17) is 9.47 Å². The topological polar surface area (TPSA) is 69.9 Å². The van der Waals surface area contributed by atoms with Crippen molar-refractivity contribution in [2.45, 2.75) is 26.2 Å². The summed E-state index contributed by atoms with van der Waals surface area (Å²) in [6, 6.07) is 13.0. The molecule has 154 valence electrons. The van der Waals surface area contributed by atoms with E-state index in [2.05, 4.69) is 4.99 Å². The number of aliphatic imine (C=N–C) groups is 1. The summed E-state index contributed by atoms with van der Waals surface area (Å²) >= 11 is 0. The molecule has 1 unspecified atom stereocenters. The fourth-order valence-electron chi connectivity index (χ4n) is 4.11. The smallest absolute Gasteiger partial charge is 0.320 e. The minimum atomic E-state index is -0.733. The van der Waals surface area contributed by atoms with E-state index in [0.717, 1.165) is 22.0 Å². The van der Waals surface area contributed by atoms with Gasteiger partial charge in [0.2, 0.25) is 0 Å². The van der Waals surface area contributed by atoms with Crippen LogP contribution in [0.2, 0.25) is 0 Å². The molecular weight excluding hydrogens is 380 g/mol. The molecule has 1 atom stereocenters. The number of fused-ring (bicyclic) bond motifs is 3. The summed E-state index contributed by atoms with van der Waals surface area (Å²) in [5, 5.41) is 0.973. The summed E-state index contributed by atoms with van der Waals surface area (Å²) in [6.45, 7) is 4.57. The van der Waals surface area contributed by atoms with E-state index in [1.807, 2.05) is 25.1 Å². The average molecular weight is 404 g/mol. The fraction of sp³-hybridized carbons (Fsp3) is 0.292. The molecule has 0 fully saturated rings. The second kappa shape index (κ2) is 8.14. The SMILES string of the molecule is CCOC(=O)C1C=NCCc2c1n(C(=O)c1cccc(OC)c1)c1c(C)cccc21. The van der Waals surface area contributed by atoms with Crippen LogP contribution in [0.4, 0.5) is 0 Å². The standard InChI is InChI=1S/C24H24N2O4/c1-4-30-24(28)20-14-25-12-11-19-18-10-5-7-15(2)21(18)26(22(19)20)23(27)16-8-6-9-17(13-16)29-3/h5-10,13-14,20H,4,11-12H2,1-3H3. The lowest BCUT2D eigenvalue weighted by molar-refractivity contribution is -0.143. The predicted octanol–water partition coefficient (Wildman–Crippen LogP) is 3.92. The maximum atomic E-state index is 13.8. The lowest BCUT2D eigenvalue weighted by Crippen LogP contribution is -2.24. The summed E-state index contributed by atoms with van der Waals surface area (Å²) in [5.41, 5.74) is 3.89. The molecule has 0 aliphatic carbocycles. The molecule has 0 saturated carbocycles. The molecule has 1 aliphatic heterocycles. The van der Waals surface area contributed by atoms with Crippen LogP contribution in [-0.4, -0.2) is 42.9 Å². The molecular formula is C24H24N2O4. The third kappa shape index (κ3) is 3.28. The van der Waals surface area contributed by atoms with Gasteiger partial charge in [-0.3, -0.25) is 19.1 Å². The molecule has 0 spiro atoms. The van der Waals surface area contributed by atoms with Crippen LogP contribution in [0, 0.1) is 6.92 Å². The van der Waals surface area contributed by atoms with Gasteiger partial charge in [-0.25, -0.2) is 0 Å². The van der Waals surface area contributed by atoms with Crippen molar-refractivity contribution in [3.8, 4) is 5.75 Å². The first-order valence-electron chi connectivity index (χ1n) is 10.0. The van der Waals surface area contributed by atoms with Gasteiger partial charge in [-0.05, 0) is 49.6 Å². The van der Waals surface area contributed by atoms with Crippen molar-refractivity contribution < 1.29 is 19.1 Å². The summed E-state index contributed by atoms with van der Waals surface area (Å²) in [7, 11) is 1.57. The molecule has 30 heavy (non-hydrogen) atoms. The van der Waals surface area contributed by atoms with Crippen LogP contribution in [0.15, 0.2) is 47.5 Å². The molecule has 2 aromatic carbocycles. The van der Waals surface area contributed by atoms with Crippen LogP contribution in [0.25, 0.3) is 10.9 Å². The number of carbonyl (C=O) groups is 2. The van der Waals surface area contributed by atoms with Gasteiger partial charge in [0.05, 0.1) is 19.2 Å². The largest absolute Gasteiger partial charge is 0.497 e. The van der Waals surface area contributed by atoms with E-state index >= 15 is 0 Å². The van der Waals surface area contributed by atoms with Crippen LogP contribution in [0.1, 0.15) is 40.0 Å². The summed E-state index contributed by atoms with van der Waals surface area (Å²) in [4.78, 5) is 31.0. The number of para-hydroxylation sites is 1. The third-order valence-electron chi connectivity index (χ3n) is 5.44. The summed E-state index contributed by atoms with van der Waals surface area (Å²) < 4.78 is 12.3. The molecule has 0 amide bonds. The number of esters is 1. The van der Waals surface area contributed by atoms with Crippen molar-refractivity contribution in [2.24, 2.45) is 4.99 Å². The Bertz CT molecular complexity index is 1160. The number of benzene rings is 2. The number of methoxy groups -OCH3 is 1. The Morgan fingerprint density at radius 3 is 2.77 bits per heavy atom. The third-order valence-corrected chi connectivity index (χ3v) is 5.44. The first kappa shape index (κ1) is 19.9. The van der Waals surface area contributed by atoms with Gasteiger partial charge in [0, 0.05) is 29.4 Å². The first-order chi connectivity index (χ1) is 14.6. The Kier molecular flexibility index (Phi) is 5.40. The minimum absolute atomic E-state index is 0.209. The van der Waals surface area contributed by atoms with Gasteiger partial charge < -0.3 is 9.47 Å². The van der Waals surface area contributed by atoms with E-state index in [-0.39, 0.29) is 12.5 Å². The van der Waals surface area contributed by atoms with E-state index in [1.165, 1.54) is 0 Å². The number of hydrogen-bond acceptors (Lipinski definition) is 5. The number of carbonyl (C=O) groups excluding carboxylic acids is 2. The molecule has 0 radical (unpaired) electrons. The molecule has 0 N–H and O–H groups in total. The van der Waals surface area contributed by atoms with Gasteiger partial charge in [-0.1, -0.05) is 24.3 Å².